The first-order chi connectivity index (χ1) is 10.2. The second kappa shape index (κ2) is 7.77. The standard InChI is InChI=1S/C14H22N2O6/c1-14(2,3)21-13(20)15-9-5-4-6-12(19)22-16-10(17)7-8-11(16)18/h4-9H2,1-3H3,(H,15,20). The summed E-state index contributed by atoms with van der Waals surface area (Å²) in [5.74, 6) is -1.63. The fourth-order valence-electron chi connectivity index (χ4n) is 1.70. The highest BCUT2D eigenvalue weighted by molar-refractivity contribution is 6.01. The highest BCUT2D eigenvalue weighted by Crippen LogP contribution is 2.13. The molecule has 0 aromatic rings. The summed E-state index contributed by atoms with van der Waals surface area (Å²) in [6.45, 7) is 5.67. The lowest BCUT2D eigenvalue weighted by atomic mass is 10.2. The predicted molar refractivity (Wildman–Crippen MR) is 75.3 cm³/mol. The molecule has 1 saturated heterocycles. The Morgan fingerprint density at radius 3 is 2.27 bits per heavy atom. The minimum Gasteiger partial charge on any atom is -0.444 e. The molecular weight excluding hydrogens is 292 g/mol. The minimum atomic E-state index is -0.638. The van der Waals surface area contributed by atoms with Gasteiger partial charge in [0.15, 0.2) is 0 Å². The average molecular weight is 314 g/mol. The topological polar surface area (TPSA) is 102 Å². The molecule has 0 radical (unpaired) electrons. The van der Waals surface area contributed by atoms with E-state index in [2.05, 4.69) is 5.32 Å². The van der Waals surface area contributed by atoms with Gasteiger partial charge in [0.1, 0.15) is 5.60 Å². The van der Waals surface area contributed by atoms with Gasteiger partial charge >= 0.3 is 12.1 Å². The summed E-state index contributed by atoms with van der Waals surface area (Å²) in [5.41, 5.74) is -0.553. The van der Waals surface area contributed by atoms with Crippen molar-refractivity contribution >= 4 is 23.9 Å². The smallest absolute Gasteiger partial charge is 0.407 e. The summed E-state index contributed by atoms with van der Waals surface area (Å²) < 4.78 is 5.05. The van der Waals surface area contributed by atoms with E-state index in [1.807, 2.05) is 0 Å². The zero-order valence-electron chi connectivity index (χ0n) is 13.1. The van der Waals surface area contributed by atoms with Crippen LogP contribution in [0.5, 0.6) is 0 Å². The SMILES string of the molecule is CC(C)(C)OC(=O)NCCCCC(=O)ON1C(=O)CCC1=O. The van der Waals surface area contributed by atoms with Crippen LogP contribution in [-0.2, 0) is 24.0 Å². The lowest BCUT2D eigenvalue weighted by Crippen LogP contribution is -2.33. The van der Waals surface area contributed by atoms with E-state index in [-0.39, 0.29) is 19.3 Å². The maximum atomic E-state index is 11.5. The van der Waals surface area contributed by atoms with Crippen molar-refractivity contribution in [2.75, 3.05) is 6.54 Å². The number of hydrogen-bond donors (Lipinski definition) is 1. The Morgan fingerprint density at radius 2 is 1.73 bits per heavy atom. The highest BCUT2D eigenvalue weighted by Gasteiger charge is 2.32. The molecule has 0 spiro atoms. The summed E-state index contributed by atoms with van der Waals surface area (Å²) in [5, 5.41) is 3.10. The number of carbonyl (C=O) groups is 4. The molecule has 0 saturated carbocycles. The number of ether oxygens (including phenoxy) is 1. The molecule has 1 rings (SSSR count). The quantitative estimate of drug-likeness (QED) is 0.585. The molecule has 1 aliphatic rings. The molecule has 1 N–H and O–H groups in total. The van der Waals surface area contributed by atoms with Gasteiger partial charge in [0, 0.05) is 25.8 Å². The molecule has 124 valence electrons. The summed E-state index contributed by atoms with van der Waals surface area (Å²) in [6, 6.07) is 0. The number of amides is 3. The first kappa shape index (κ1) is 17.9. The predicted octanol–water partition coefficient (Wildman–Crippen LogP) is 1.29. The van der Waals surface area contributed by atoms with Crippen molar-refractivity contribution in [3.63, 3.8) is 0 Å². The maximum Gasteiger partial charge on any atom is 0.407 e. The zero-order valence-corrected chi connectivity index (χ0v) is 13.1. The molecule has 0 bridgehead atoms. The van der Waals surface area contributed by atoms with Crippen LogP contribution in [0.25, 0.3) is 0 Å². The third-order valence-corrected chi connectivity index (χ3v) is 2.67. The molecule has 0 atom stereocenters. The first-order valence-electron chi connectivity index (χ1n) is 7.22. The maximum absolute atomic E-state index is 11.5. The Kier molecular flexibility index (Phi) is 6.33. The van der Waals surface area contributed by atoms with E-state index in [4.69, 9.17) is 9.57 Å². The lowest BCUT2D eigenvalue weighted by Gasteiger charge is -2.19. The Labute approximate surface area is 129 Å². The van der Waals surface area contributed by atoms with Crippen LogP contribution in [0, 0.1) is 0 Å². The van der Waals surface area contributed by atoms with Gasteiger partial charge in [-0.15, -0.1) is 5.06 Å². The van der Waals surface area contributed by atoms with Gasteiger partial charge in [-0.1, -0.05) is 0 Å². The van der Waals surface area contributed by atoms with Crippen LogP contribution in [0.2, 0.25) is 0 Å². The molecule has 8 nitrogen and oxygen atoms in total. The van der Waals surface area contributed by atoms with Gasteiger partial charge in [0.25, 0.3) is 11.8 Å². The van der Waals surface area contributed by atoms with Crippen molar-refractivity contribution in [1.29, 1.82) is 0 Å². The number of nitrogens with one attached hydrogen (secondary N) is 1. The van der Waals surface area contributed by atoms with Gasteiger partial charge in [0.05, 0.1) is 0 Å². The third-order valence-electron chi connectivity index (χ3n) is 2.67. The number of unbranched alkanes of at least 4 members (excludes halogenated alkanes) is 1. The molecule has 1 fully saturated rings. The Balaban J connectivity index is 2.12. The normalized spacial score (nSPS) is 15.0. The van der Waals surface area contributed by atoms with E-state index in [0.29, 0.717) is 24.4 Å². The first-order valence-corrected chi connectivity index (χ1v) is 7.22. The van der Waals surface area contributed by atoms with Crippen molar-refractivity contribution in [3.05, 3.63) is 0 Å². The molecule has 0 aliphatic carbocycles. The molecule has 0 unspecified atom stereocenters. The van der Waals surface area contributed by atoms with E-state index in [1.165, 1.54) is 0 Å². The number of nitrogens with zero attached hydrogens (tertiary/aromatic N) is 1. The number of hydrogen-bond acceptors (Lipinski definition) is 6. The lowest BCUT2D eigenvalue weighted by molar-refractivity contribution is -0.197. The summed E-state index contributed by atoms with van der Waals surface area (Å²) in [4.78, 5) is 50.1. The van der Waals surface area contributed by atoms with E-state index in [0.717, 1.165) is 0 Å². The molecule has 8 heteroatoms. The Bertz CT molecular complexity index is 439. The highest BCUT2D eigenvalue weighted by atomic mass is 16.7. The Morgan fingerprint density at radius 1 is 1.14 bits per heavy atom. The molecule has 1 heterocycles. The zero-order chi connectivity index (χ0) is 16.8. The number of alkyl carbamates (subject to hydrolysis) is 1. The van der Waals surface area contributed by atoms with E-state index >= 15 is 0 Å². The van der Waals surface area contributed by atoms with Gasteiger partial charge in [0.2, 0.25) is 0 Å². The summed E-state index contributed by atoms with van der Waals surface area (Å²) in [6.07, 6.45) is 0.717. The minimum absolute atomic E-state index is 0.0626. The van der Waals surface area contributed by atoms with E-state index in [9.17, 15) is 19.2 Å². The van der Waals surface area contributed by atoms with Gasteiger partial charge in [-0.3, -0.25) is 9.59 Å². The largest absolute Gasteiger partial charge is 0.444 e. The summed E-state index contributed by atoms with van der Waals surface area (Å²) in [7, 11) is 0. The van der Waals surface area contributed by atoms with Gasteiger partial charge in [-0.25, -0.2) is 9.59 Å². The average Bonchev–Trinajstić information content (AvgIpc) is 2.68. The van der Waals surface area contributed by atoms with Gasteiger partial charge < -0.3 is 14.9 Å². The molecule has 3 amide bonds. The fraction of sp³-hybridized carbons (Fsp3) is 0.714. The fourth-order valence-corrected chi connectivity index (χ4v) is 1.70. The Hall–Kier alpha value is -2.12. The van der Waals surface area contributed by atoms with Crippen molar-refractivity contribution in [2.24, 2.45) is 0 Å². The van der Waals surface area contributed by atoms with Gasteiger partial charge in [-0.05, 0) is 33.6 Å². The molecular formula is C14H22N2O6. The second-order valence-electron chi connectivity index (χ2n) is 5.93. The van der Waals surface area contributed by atoms with Crippen molar-refractivity contribution in [1.82, 2.24) is 10.4 Å². The van der Waals surface area contributed by atoms with Crippen molar-refractivity contribution < 1.29 is 28.8 Å². The van der Waals surface area contributed by atoms with Crippen LogP contribution in [0.4, 0.5) is 4.79 Å². The van der Waals surface area contributed by atoms with Gasteiger partial charge in [-0.2, -0.15) is 0 Å². The molecule has 1 aliphatic heterocycles. The van der Waals surface area contributed by atoms with Crippen LogP contribution in [0.15, 0.2) is 0 Å². The monoisotopic (exact) mass is 314 g/mol. The van der Waals surface area contributed by atoms with E-state index < -0.39 is 29.5 Å². The van der Waals surface area contributed by atoms with Crippen LogP contribution < -0.4 is 5.32 Å². The van der Waals surface area contributed by atoms with Crippen LogP contribution in [-0.4, -0.2) is 41.1 Å². The van der Waals surface area contributed by atoms with Crippen LogP contribution >= 0.6 is 0 Å². The number of hydroxylamine groups is 2. The molecule has 0 aromatic carbocycles. The van der Waals surface area contributed by atoms with Crippen molar-refractivity contribution in [3.8, 4) is 0 Å². The van der Waals surface area contributed by atoms with Crippen LogP contribution in [0.1, 0.15) is 52.9 Å². The van der Waals surface area contributed by atoms with E-state index in [1.54, 1.807) is 20.8 Å². The number of carbonyl (C=O) groups excluding carboxylic acids is 4. The summed E-state index contributed by atoms with van der Waals surface area (Å²) >= 11 is 0. The molecule has 22 heavy (non-hydrogen) atoms. The number of rotatable bonds is 6. The number of imide groups is 1. The van der Waals surface area contributed by atoms with Crippen LogP contribution in [0.3, 0.4) is 0 Å². The molecule has 0 aromatic heterocycles. The third kappa shape index (κ3) is 6.55. The second-order valence-corrected chi connectivity index (χ2v) is 5.93. The van der Waals surface area contributed by atoms with Crippen molar-refractivity contribution in [2.45, 2.75) is 58.5 Å².